The number of ether oxygens (including phenoxy) is 2. The third-order valence-electron chi connectivity index (χ3n) is 4.22. The number of guanidine groups is 1. The summed E-state index contributed by atoms with van der Waals surface area (Å²) in [4.78, 5) is 12.6. The van der Waals surface area contributed by atoms with Crippen LogP contribution >= 0.6 is 11.3 Å². The van der Waals surface area contributed by atoms with E-state index in [4.69, 9.17) is 9.47 Å². The zero-order valence-electron chi connectivity index (χ0n) is 15.3. The maximum absolute atomic E-state index is 5.66. The van der Waals surface area contributed by atoms with Crippen molar-refractivity contribution in [2.75, 3.05) is 53.6 Å². The van der Waals surface area contributed by atoms with Crippen molar-refractivity contribution < 1.29 is 9.47 Å². The van der Waals surface area contributed by atoms with E-state index in [-0.39, 0.29) is 0 Å². The molecule has 1 atom stereocenters. The highest BCUT2D eigenvalue weighted by atomic mass is 32.1. The minimum absolute atomic E-state index is 0.576. The van der Waals surface area contributed by atoms with Gasteiger partial charge in [0.05, 0.1) is 30.5 Å². The summed E-state index contributed by atoms with van der Waals surface area (Å²) in [6.45, 7) is 9.22. The van der Waals surface area contributed by atoms with Gasteiger partial charge in [0.25, 0.3) is 0 Å². The molecule has 24 heavy (non-hydrogen) atoms. The number of nitrogens with one attached hydrogen (secondary N) is 1. The Bertz CT molecular complexity index is 533. The van der Waals surface area contributed by atoms with Crippen LogP contribution in [0.3, 0.4) is 0 Å². The second kappa shape index (κ2) is 9.96. The smallest absolute Gasteiger partial charge is 0.193 e. The van der Waals surface area contributed by atoms with Crippen LogP contribution < -0.4 is 5.32 Å². The number of thiazole rings is 1. The van der Waals surface area contributed by atoms with E-state index in [0.29, 0.717) is 19.1 Å². The minimum Gasteiger partial charge on any atom is -0.382 e. The van der Waals surface area contributed by atoms with Crippen molar-refractivity contribution in [2.24, 2.45) is 10.9 Å². The van der Waals surface area contributed by atoms with E-state index in [1.54, 1.807) is 18.4 Å². The summed E-state index contributed by atoms with van der Waals surface area (Å²) in [5, 5.41) is 4.63. The highest BCUT2D eigenvalue weighted by Crippen LogP contribution is 2.18. The van der Waals surface area contributed by atoms with Crippen LogP contribution in [0, 0.1) is 19.8 Å². The summed E-state index contributed by atoms with van der Waals surface area (Å²) in [6, 6.07) is 0. The van der Waals surface area contributed by atoms with Crippen LogP contribution in [0.2, 0.25) is 0 Å². The molecule has 1 unspecified atom stereocenters. The molecule has 1 N–H and O–H groups in total. The van der Waals surface area contributed by atoms with Gasteiger partial charge in [0.1, 0.15) is 0 Å². The Kier molecular flexibility index (Phi) is 7.94. The molecule has 0 aromatic carbocycles. The van der Waals surface area contributed by atoms with Crippen molar-refractivity contribution >= 4 is 17.3 Å². The van der Waals surface area contributed by atoms with Crippen LogP contribution in [-0.4, -0.2) is 69.5 Å². The average molecular weight is 355 g/mol. The number of likely N-dealkylation sites (tertiary alicyclic amines) is 1. The number of nitrogens with zero attached hydrogens (tertiary/aromatic N) is 3. The first-order valence-electron chi connectivity index (χ1n) is 8.59. The van der Waals surface area contributed by atoms with Gasteiger partial charge in [0.15, 0.2) is 5.96 Å². The van der Waals surface area contributed by atoms with Crippen molar-refractivity contribution in [1.29, 1.82) is 0 Å². The summed E-state index contributed by atoms with van der Waals surface area (Å²) in [6.07, 6.45) is 2.15. The van der Waals surface area contributed by atoms with Gasteiger partial charge in [0.2, 0.25) is 0 Å². The van der Waals surface area contributed by atoms with Gasteiger partial charge in [-0.3, -0.25) is 4.99 Å². The molecule has 1 aliphatic rings. The predicted molar refractivity (Wildman–Crippen MR) is 99.0 cm³/mol. The van der Waals surface area contributed by atoms with Gasteiger partial charge in [-0.25, -0.2) is 4.98 Å². The van der Waals surface area contributed by atoms with Gasteiger partial charge in [-0.2, -0.15) is 0 Å². The van der Waals surface area contributed by atoms with Gasteiger partial charge in [0, 0.05) is 51.0 Å². The first-order chi connectivity index (χ1) is 11.6. The standard InChI is InChI=1S/C17H30N4O2S/c1-13-16(24-14(2)20-13)5-7-19-17(18-3)21-8-6-15(11-21)12-23-10-9-22-4/h15H,5-12H2,1-4H3,(H,18,19). The van der Waals surface area contributed by atoms with Crippen molar-refractivity contribution in [3.05, 3.63) is 15.6 Å². The molecule has 7 heteroatoms. The normalized spacial score (nSPS) is 18.4. The van der Waals surface area contributed by atoms with Crippen LogP contribution in [0.15, 0.2) is 4.99 Å². The molecule has 0 bridgehead atoms. The number of aromatic nitrogens is 1. The van der Waals surface area contributed by atoms with E-state index in [1.165, 1.54) is 4.88 Å². The zero-order valence-corrected chi connectivity index (χ0v) is 16.1. The minimum atomic E-state index is 0.576. The van der Waals surface area contributed by atoms with E-state index in [9.17, 15) is 0 Å². The molecular formula is C17H30N4O2S. The van der Waals surface area contributed by atoms with Gasteiger partial charge in [-0.15, -0.1) is 11.3 Å². The summed E-state index contributed by atoms with van der Waals surface area (Å²) in [5.74, 6) is 1.57. The van der Waals surface area contributed by atoms with Crippen molar-refractivity contribution in [3.63, 3.8) is 0 Å². The van der Waals surface area contributed by atoms with Crippen LogP contribution in [0.5, 0.6) is 0 Å². The molecule has 2 heterocycles. The maximum Gasteiger partial charge on any atom is 0.193 e. The lowest BCUT2D eigenvalue weighted by Crippen LogP contribution is -2.41. The predicted octanol–water partition coefficient (Wildman–Crippen LogP) is 1.86. The Morgan fingerprint density at radius 1 is 1.42 bits per heavy atom. The highest BCUT2D eigenvalue weighted by molar-refractivity contribution is 7.11. The SMILES string of the molecule is CN=C(NCCc1sc(C)nc1C)N1CCC(COCCOC)C1. The molecule has 0 saturated carbocycles. The third-order valence-corrected chi connectivity index (χ3v) is 5.35. The number of methoxy groups -OCH3 is 1. The molecule has 1 saturated heterocycles. The average Bonchev–Trinajstić information content (AvgIpc) is 3.15. The molecule has 1 aromatic rings. The maximum atomic E-state index is 5.66. The summed E-state index contributed by atoms with van der Waals surface area (Å²) < 4.78 is 10.7. The van der Waals surface area contributed by atoms with Crippen LogP contribution in [0.1, 0.15) is 22.0 Å². The Hall–Kier alpha value is -1.18. The molecule has 2 rings (SSSR count). The molecule has 0 aliphatic carbocycles. The molecule has 1 aliphatic heterocycles. The second-order valence-electron chi connectivity index (χ2n) is 6.13. The van der Waals surface area contributed by atoms with E-state index in [1.807, 2.05) is 7.05 Å². The fourth-order valence-corrected chi connectivity index (χ4v) is 3.92. The van der Waals surface area contributed by atoms with Gasteiger partial charge < -0.3 is 19.7 Å². The van der Waals surface area contributed by atoms with Crippen LogP contribution in [0.4, 0.5) is 0 Å². The summed E-state index contributed by atoms with van der Waals surface area (Å²) >= 11 is 1.79. The second-order valence-corrected chi connectivity index (χ2v) is 7.42. The van der Waals surface area contributed by atoms with E-state index in [0.717, 1.165) is 55.7 Å². The number of hydrogen-bond donors (Lipinski definition) is 1. The van der Waals surface area contributed by atoms with Crippen molar-refractivity contribution in [1.82, 2.24) is 15.2 Å². The Morgan fingerprint density at radius 3 is 2.92 bits per heavy atom. The van der Waals surface area contributed by atoms with Crippen LogP contribution in [-0.2, 0) is 15.9 Å². The lowest BCUT2D eigenvalue weighted by atomic mass is 10.1. The Morgan fingerprint density at radius 2 is 2.25 bits per heavy atom. The Labute approximate surface area is 149 Å². The summed E-state index contributed by atoms with van der Waals surface area (Å²) in [5.41, 5.74) is 1.16. The number of aryl methyl sites for hydroxylation is 2. The molecule has 0 spiro atoms. The summed E-state index contributed by atoms with van der Waals surface area (Å²) in [7, 11) is 3.55. The largest absolute Gasteiger partial charge is 0.382 e. The molecule has 0 radical (unpaired) electrons. The quantitative estimate of drug-likeness (QED) is 0.439. The first kappa shape index (κ1) is 19.1. The van der Waals surface area contributed by atoms with Gasteiger partial charge >= 0.3 is 0 Å². The van der Waals surface area contributed by atoms with E-state index < -0.39 is 0 Å². The van der Waals surface area contributed by atoms with E-state index >= 15 is 0 Å². The Balaban J connectivity index is 1.71. The topological polar surface area (TPSA) is 59.0 Å². The fraction of sp³-hybridized carbons (Fsp3) is 0.765. The molecule has 1 fully saturated rings. The van der Waals surface area contributed by atoms with Crippen molar-refractivity contribution in [3.8, 4) is 0 Å². The number of rotatable bonds is 8. The van der Waals surface area contributed by atoms with Crippen LogP contribution in [0.25, 0.3) is 0 Å². The lowest BCUT2D eigenvalue weighted by molar-refractivity contribution is 0.0536. The lowest BCUT2D eigenvalue weighted by Gasteiger charge is -2.21. The molecular weight excluding hydrogens is 324 g/mol. The first-order valence-corrected chi connectivity index (χ1v) is 9.40. The van der Waals surface area contributed by atoms with Gasteiger partial charge in [-0.1, -0.05) is 0 Å². The fourth-order valence-electron chi connectivity index (χ4n) is 2.98. The number of hydrogen-bond acceptors (Lipinski definition) is 5. The molecule has 0 amide bonds. The third kappa shape index (κ3) is 5.72. The molecule has 1 aromatic heterocycles. The molecule has 6 nitrogen and oxygen atoms in total. The van der Waals surface area contributed by atoms with Gasteiger partial charge in [-0.05, 0) is 20.3 Å². The van der Waals surface area contributed by atoms with E-state index in [2.05, 4.69) is 34.0 Å². The zero-order chi connectivity index (χ0) is 17.4. The molecule has 136 valence electrons. The number of aliphatic imine (C=N–C) groups is 1. The van der Waals surface area contributed by atoms with Crippen molar-refractivity contribution in [2.45, 2.75) is 26.7 Å². The monoisotopic (exact) mass is 354 g/mol. The highest BCUT2D eigenvalue weighted by Gasteiger charge is 2.24.